The van der Waals surface area contributed by atoms with Gasteiger partial charge >= 0.3 is 0 Å². The predicted molar refractivity (Wildman–Crippen MR) is 71.5 cm³/mol. The molecule has 0 amide bonds. The van der Waals surface area contributed by atoms with Crippen molar-refractivity contribution in [2.24, 2.45) is 0 Å². The minimum absolute atomic E-state index is 0.0641. The molecule has 17 heavy (non-hydrogen) atoms. The minimum Gasteiger partial charge on any atom is -0.493 e. The van der Waals surface area contributed by atoms with Crippen molar-refractivity contribution in [3.63, 3.8) is 0 Å². The fraction of sp³-hybridized carbons (Fsp3) is 0.538. The van der Waals surface area contributed by atoms with E-state index < -0.39 is 0 Å². The van der Waals surface area contributed by atoms with Crippen LogP contribution < -0.4 is 14.8 Å². The van der Waals surface area contributed by atoms with Gasteiger partial charge in [-0.05, 0) is 18.7 Å². The summed E-state index contributed by atoms with van der Waals surface area (Å²) in [4.78, 5) is 0. The Kier molecular flexibility index (Phi) is 4.66. The van der Waals surface area contributed by atoms with Crippen LogP contribution in [-0.4, -0.2) is 27.8 Å². The Morgan fingerprint density at radius 1 is 1.18 bits per heavy atom. The molecule has 4 heteroatoms. The van der Waals surface area contributed by atoms with E-state index in [4.69, 9.17) is 21.1 Å². The first kappa shape index (κ1) is 14.1. The number of benzene rings is 1. The average molecular weight is 258 g/mol. The molecule has 0 aliphatic carbocycles. The number of methoxy groups -OCH3 is 2. The maximum absolute atomic E-state index is 6.29. The van der Waals surface area contributed by atoms with E-state index in [-0.39, 0.29) is 5.41 Å². The second kappa shape index (κ2) is 5.61. The van der Waals surface area contributed by atoms with Crippen LogP contribution in [0.3, 0.4) is 0 Å². The molecule has 0 saturated carbocycles. The fourth-order valence-corrected chi connectivity index (χ4v) is 2.32. The van der Waals surface area contributed by atoms with Gasteiger partial charge in [-0.15, -0.1) is 0 Å². The molecule has 0 aliphatic heterocycles. The zero-order valence-corrected chi connectivity index (χ0v) is 11.8. The molecule has 0 bridgehead atoms. The van der Waals surface area contributed by atoms with E-state index in [1.807, 2.05) is 13.1 Å². The lowest BCUT2D eigenvalue weighted by atomic mass is 9.84. The number of ether oxygens (including phenoxy) is 2. The molecule has 0 spiro atoms. The number of likely N-dealkylation sites (N-methyl/N-ethyl adjacent to an activating group) is 1. The van der Waals surface area contributed by atoms with Gasteiger partial charge in [-0.3, -0.25) is 0 Å². The third-order valence-electron chi connectivity index (χ3n) is 2.82. The summed E-state index contributed by atoms with van der Waals surface area (Å²) in [6.07, 6.45) is 0. The minimum atomic E-state index is -0.0641. The van der Waals surface area contributed by atoms with Crippen LogP contribution >= 0.6 is 11.6 Å². The van der Waals surface area contributed by atoms with E-state index >= 15 is 0 Å². The van der Waals surface area contributed by atoms with Crippen LogP contribution in [0.25, 0.3) is 0 Å². The number of rotatable bonds is 5. The second-order valence-corrected chi connectivity index (χ2v) is 5.01. The van der Waals surface area contributed by atoms with E-state index in [1.54, 1.807) is 20.3 Å². The summed E-state index contributed by atoms with van der Waals surface area (Å²) >= 11 is 6.29. The summed E-state index contributed by atoms with van der Waals surface area (Å²) in [6, 6.07) is 3.74. The molecule has 0 unspecified atom stereocenters. The Bertz CT molecular complexity index is 391. The van der Waals surface area contributed by atoms with Gasteiger partial charge in [-0.1, -0.05) is 25.4 Å². The summed E-state index contributed by atoms with van der Waals surface area (Å²) < 4.78 is 10.5. The van der Waals surface area contributed by atoms with Gasteiger partial charge in [0.05, 0.1) is 14.2 Å². The van der Waals surface area contributed by atoms with E-state index in [1.165, 1.54) is 0 Å². The van der Waals surface area contributed by atoms with E-state index in [9.17, 15) is 0 Å². The Labute approximate surface area is 108 Å². The van der Waals surface area contributed by atoms with Gasteiger partial charge in [-0.25, -0.2) is 0 Å². The van der Waals surface area contributed by atoms with Crippen molar-refractivity contribution < 1.29 is 9.47 Å². The average Bonchev–Trinajstić information content (AvgIpc) is 2.28. The molecule has 3 nitrogen and oxygen atoms in total. The SMILES string of the molecule is CNCC(C)(C)c1cc(OC)c(OC)cc1Cl. The molecule has 0 radical (unpaired) electrons. The number of hydrogen-bond donors (Lipinski definition) is 1. The van der Waals surface area contributed by atoms with Gasteiger partial charge in [0.15, 0.2) is 11.5 Å². The first-order valence-corrected chi connectivity index (χ1v) is 5.90. The standard InChI is InChI=1S/C13H20ClNO2/c1-13(2,8-15-3)9-6-11(16-4)12(17-5)7-10(9)14/h6-7,15H,8H2,1-5H3. The van der Waals surface area contributed by atoms with E-state index in [0.717, 1.165) is 12.1 Å². The molecule has 1 aromatic rings. The van der Waals surface area contributed by atoms with Crippen molar-refractivity contribution in [2.45, 2.75) is 19.3 Å². The highest BCUT2D eigenvalue weighted by Gasteiger charge is 2.24. The van der Waals surface area contributed by atoms with Crippen molar-refractivity contribution in [1.82, 2.24) is 5.32 Å². The molecule has 0 fully saturated rings. The molecule has 0 aliphatic rings. The van der Waals surface area contributed by atoms with Gasteiger partial charge in [0, 0.05) is 23.0 Å². The topological polar surface area (TPSA) is 30.5 Å². The van der Waals surface area contributed by atoms with Gasteiger partial charge < -0.3 is 14.8 Å². The van der Waals surface area contributed by atoms with Crippen molar-refractivity contribution >= 4 is 11.6 Å². The van der Waals surface area contributed by atoms with Gasteiger partial charge in [-0.2, -0.15) is 0 Å². The van der Waals surface area contributed by atoms with Crippen LogP contribution in [0.15, 0.2) is 12.1 Å². The molecule has 1 aromatic carbocycles. The largest absolute Gasteiger partial charge is 0.493 e. The number of hydrogen-bond acceptors (Lipinski definition) is 3. The molecule has 1 N–H and O–H groups in total. The van der Waals surface area contributed by atoms with Crippen molar-refractivity contribution in [3.8, 4) is 11.5 Å². The Hall–Kier alpha value is -0.930. The fourth-order valence-electron chi connectivity index (χ4n) is 1.91. The molecule has 0 saturated heterocycles. The molecular formula is C13H20ClNO2. The molecule has 96 valence electrons. The molecular weight excluding hydrogens is 238 g/mol. The highest BCUT2D eigenvalue weighted by atomic mass is 35.5. The Balaban J connectivity index is 3.25. The zero-order chi connectivity index (χ0) is 13.1. The second-order valence-electron chi connectivity index (χ2n) is 4.60. The lowest BCUT2D eigenvalue weighted by Crippen LogP contribution is -2.31. The van der Waals surface area contributed by atoms with Crippen LogP contribution in [0.1, 0.15) is 19.4 Å². The number of halogens is 1. The third kappa shape index (κ3) is 3.05. The van der Waals surface area contributed by atoms with Crippen molar-refractivity contribution in [2.75, 3.05) is 27.8 Å². The van der Waals surface area contributed by atoms with Crippen LogP contribution in [0, 0.1) is 0 Å². The van der Waals surface area contributed by atoms with Gasteiger partial charge in [0.25, 0.3) is 0 Å². The molecule has 0 heterocycles. The third-order valence-corrected chi connectivity index (χ3v) is 3.13. The summed E-state index contributed by atoms with van der Waals surface area (Å²) in [6.45, 7) is 5.11. The summed E-state index contributed by atoms with van der Waals surface area (Å²) in [5.41, 5.74) is 0.983. The maximum atomic E-state index is 6.29. The summed E-state index contributed by atoms with van der Waals surface area (Å²) in [5.74, 6) is 1.36. The van der Waals surface area contributed by atoms with Crippen molar-refractivity contribution in [1.29, 1.82) is 0 Å². The van der Waals surface area contributed by atoms with E-state index in [0.29, 0.717) is 16.5 Å². The molecule has 0 aromatic heterocycles. The highest BCUT2D eigenvalue weighted by molar-refractivity contribution is 6.31. The first-order valence-electron chi connectivity index (χ1n) is 5.53. The van der Waals surface area contributed by atoms with Crippen LogP contribution in [0.5, 0.6) is 11.5 Å². The van der Waals surface area contributed by atoms with Crippen LogP contribution in [-0.2, 0) is 5.41 Å². The zero-order valence-electron chi connectivity index (χ0n) is 11.1. The number of nitrogens with one attached hydrogen (secondary N) is 1. The van der Waals surface area contributed by atoms with Crippen LogP contribution in [0.2, 0.25) is 5.02 Å². The summed E-state index contributed by atoms with van der Waals surface area (Å²) in [5, 5.41) is 3.87. The quantitative estimate of drug-likeness (QED) is 0.880. The predicted octanol–water partition coefficient (Wildman–Crippen LogP) is 2.85. The van der Waals surface area contributed by atoms with Gasteiger partial charge in [0.2, 0.25) is 0 Å². The van der Waals surface area contributed by atoms with Gasteiger partial charge in [0.1, 0.15) is 0 Å². The highest BCUT2D eigenvalue weighted by Crippen LogP contribution is 2.38. The summed E-state index contributed by atoms with van der Waals surface area (Å²) in [7, 11) is 5.16. The molecule has 0 atom stereocenters. The van der Waals surface area contributed by atoms with Crippen LogP contribution in [0.4, 0.5) is 0 Å². The monoisotopic (exact) mass is 257 g/mol. The Morgan fingerprint density at radius 3 is 2.18 bits per heavy atom. The van der Waals surface area contributed by atoms with E-state index in [2.05, 4.69) is 19.2 Å². The van der Waals surface area contributed by atoms with Crippen molar-refractivity contribution in [3.05, 3.63) is 22.7 Å². The lowest BCUT2D eigenvalue weighted by molar-refractivity contribution is 0.353. The smallest absolute Gasteiger partial charge is 0.162 e. The Morgan fingerprint density at radius 2 is 1.71 bits per heavy atom. The first-order chi connectivity index (χ1) is 7.96. The lowest BCUT2D eigenvalue weighted by Gasteiger charge is -2.27. The maximum Gasteiger partial charge on any atom is 0.162 e. The molecule has 1 rings (SSSR count). The normalized spacial score (nSPS) is 11.4.